The molecule has 1 saturated carbocycles. The quantitative estimate of drug-likeness (QED) is 0.663. The molecule has 1 aromatic rings. The van der Waals surface area contributed by atoms with Crippen LogP contribution in [0, 0.1) is 5.92 Å². The highest BCUT2D eigenvalue weighted by atomic mass is 16.3. The maximum Gasteiger partial charge on any atom is 0.115 e. The normalized spacial score (nSPS) is 29.5. The summed E-state index contributed by atoms with van der Waals surface area (Å²) in [6.45, 7) is 8.35. The molecule has 1 aliphatic carbocycles. The fourth-order valence-corrected chi connectivity index (χ4v) is 5.58. The monoisotopic (exact) mass is 372 g/mol. The summed E-state index contributed by atoms with van der Waals surface area (Å²) in [7, 11) is 2.30. The SMILES string of the molecule is CCCCN(C)C1(c2cccc(O)c2)CCC(N2CCC(CCC)C2)CC1. The third-order valence-electron chi connectivity index (χ3n) is 7.27. The Balaban J connectivity index is 1.71. The van der Waals surface area contributed by atoms with Crippen molar-refractivity contribution in [3.05, 3.63) is 29.8 Å². The van der Waals surface area contributed by atoms with Crippen LogP contribution in [0.5, 0.6) is 5.75 Å². The second-order valence-electron chi connectivity index (χ2n) is 9.03. The minimum atomic E-state index is 0.0902. The van der Waals surface area contributed by atoms with Crippen LogP contribution in [-0.4, -0.2) is 47.6 Å². The first-order chi connectivity index (χ1) is 13.1. The van der Waals surface area contributed by atoms with E-state index < -0.39 is 0 Å². The molecule has 2 fully saturated rings. The molecule has 2 aliphatic rings. The molecule has 3 rings (SSSR count). The van der Waals surface area contributed by atoms with Crippen LogP contribution in [0.25, 0.3) is 0 Å². The lowest BCUT2D eigenvalue weighted by Gasteiger charge is -2.48. The van der Waals surface area contributed by atoms with E-state index in [-0.39, 0.29) is 5.54 Å². The molecular weight excluding hydrogens is 332 g/mol. The molecule has 1 aromatic carbocycles. The van der Waals surface area contributed by atoms with E-state index in [0.29, 0.717) is 5.75 Å². The topological polar surface area (TPSA) is 26.7 Å². The van der Waals surface area contributed by atoms with Crippen molar-refractivity contribution in [2.45, 2.75) is 83.2 Å². The number of phenolic OH excluding ortho intramolecular Hbond substituents is 1. The van der Waals surface area contributed by atoms with E-state index in [2.05, 4.69) is 36.8 Å². The van der Waals surface area contributed by atoms with Gasteiger partial charge in [0.15, 0.2) is 0 Å². The van der Waals surface area contributed by atoms with Crippen molar-refractivity contribution in [3.63, 3.8) is 0 Å². The minimum absolute atomic E-state index is 0.0902. The van der Waals surface area contributed by atoms with Gasteiger partial charge in [-0.15, -0.1) is 0 Å². The number of unbranched alkanes of at least 4 members (excludes halogenated alkanes) is 1. The molecule has 1 atom stereocenters. The van der Waals surface area contributed by atoms with Crippen LogP contribution in [0.2, 0.25) is 0 Å². The number of aromatic hydroxyl groups is 1. The molecule has 3 heteroatoms. The van der Waals surface area contributed by atoms with Gasteiger partial charge in [0, 0.05) is 18.1 Å². The summed E-state index contributed by atoms with van der Waals surface area (Å²) < 4.78 is 0. The van der Waals surface area contributed by atoms with Gasteiger partial charge in [-0.25, -0.2) is 0 Å². The van der Waals surface area contributed by atoms with E-state index in [1.807, 2.05) is 12.1 Å². The van der Waals surface area contributed by atoms with Gasteiger partial charge < -0.3 is 10.0 Å². The molecule has 1 heterocycles. The van der Waals surface area contributed by atoms with Gasteiger partial charge in [-0.2, -0.15) is 0 Å². The molecule has 0 bridgehead atoms. The van der Waals surface area contributed by atoms with Crippen LogP contribution in [-0.2, 0) is 5.54 Å². The standard InChI is InChI=1S/C24H40N2O/c1-4-6-16-25(3)24(21-9-7-10-23(27)18-21)14-11-22(12-15-24)26-17-13-20(19-26)8-5-2/h7,9-10,18,20,22,27H,4-6,8,11-17,19H2,1-3H3. The molecule has 0 radical (unpaired) electrons. The predicted octanol–water partition coefficient (Wildman–Crippen LogP) is 5.38. The Hall–Kier alpha value is -1.06. The van der Waals surface area contributed by atoms with Crippen molar-refractivity contribution in [2.24, 2.45) is 5.92 Å². The van der Waals surface area contributed by atoms with Gasteiger partial charge in [0.1, 0.15) is 5.75 Å². The second kappa shape index (κ2) is 9.43. The Labute approximate surface area is 166 Å². The lowest BCUT2D eigenvalue weighted by Crippen LogP contribution is -2.50. The highest BCUT2D eigenvalue weighted by molar-refractivity contribution is 5.33. The summed E-state index contributed by atoms with van der Waals surface area (Å²) in [5, 5.41) is 10.1. The van der Waals surface area contributed by atoms with Crippen LogP contribution in [0.15, 0.2) is 24.3 Å². The molecule has 0 spiro atoms. The van der Waals surface area contributed by atoms with Gasteiger partial charge in [-0.3, -0.25) is 4.90 Å². The lowest BCUT2D eigenvalue weighted by atomic mass is 9.73. The molecule has 0 aromatic heterocycles. The Morgan fingerprint density at radius 3 is 2.59 bits per heavy atom. The Morgan fingerprint density at radius 2 is 1.93 bits per heavy atom. The van der Waals surface area contributed by atoms with Crippen molar-refractivity contribution in [1.29, 1.82) is 0 Å². The maximum absolute atomic E-state index is 10.1. The van der Waals surface area contributed by atoms with Crippen molar-refractivity contribution in [1.82, 2.24) is 9.80 Å². The number of benzene rings is 1. The first-order valence-corrected chi connectivity index (χ1v) is 11.3. The van der Waals surface area contributed by atoms with E-state index in [4.69, 9.17) is 0 Å². The van der Waals surface area contributed by atoms with Crippen LogP contribution in [0.1, 0.15) is 77.2 Å². The number of rotatable bonds is 8. The largest absolute Gasteiger partial charge is 0.508 e. The summed E-state index contributed by atoms with van der Waals surface area (Å²) in [6, 6.07) is 8.82. The van der Waals surface area contributed by atoms with Gasteiger partial charge in [0.25, 0.3) is 0 Å². The van der Waals surface area contributed by atoms with E-state index in [1.54, 1.807) is 6.07 Å². The summed E-state index contributed by atoms with van der Waals surface area (Å²) in [6.07, 6.45) is 11.6. The lowest BCUT2D eigenvalue weighted by molar-refractivity contribution is 0.0372. The molecule has 0 amide bonds. The minimum Gasteiger partial charge on any atom is -0.508 e. The van der Waals surface area contributed by atoms with Crippen LogP contribution < -0.4 is 0 Å². The van der Waals surface area contributed by atoms with Crippen molar-refractivity contribution >= 4 is 0 Å². The van der Waals surface area contributed by atoms with Crippen LogP contribution >= 0.6 is 0 Å². The highest BCUT2D eigenvalue weighted by Crippen LogP contribution is 2.44. The summed E-state index contributed by atoms with van der Waals surface area (Å²) in [5.41, 5.74) is 1.40. The maximum atomic E-state index is 10.1. The molecule has 3 nitrogen and oxygen atoms in total. The number of hydrogen-bond donors (Lipinski definition) is 1. The zero-order valence-corrected chi connectivity index (χ0v) is 17.8. The van der Waals surface area contributed by atoms with Crippen LogP contribution in [0.3, 0.4) is 0 Å². The third-order valence-corrected chi connectivity index (χ3v) is 7.27. The first kappa shape index (κ1) is 20.7. The fraction of sp³-hybridized carbons (Fsp3) is 0.750. The summed E-state index contributed by atoms with van der Waals surface area (Å²) >= 11 is 0. The third kappa shape index (κ3) is 4.68. The Bertz CT molecular complexity index is 579. The van der Waals surface area contributed by atoms with Crippen molar-refractivity contribution in [3.8, 4) is 5.75 Å². The fourth-order valence-electron chi connectivity index (χ4n) is 5.58. The molecule has 152 valence electrons. The average Bonchev–Trinajstić information content (AvgIpc) is 3.15. The molecule has 1 saturated heterocycles. The number of phenols is 1. The van der Waals surface area contributed by atoms with Gasteiger partial charge in [-0.05, 0) is 88.7 Å². The smallest absolute Gasteiger partial charge is 0.115 e. The molecule has 1 aliphatic heterocycles. The average molecular weight is 373 g/mol. The molecular formula is C24H40N2O. The van der Waals surface area contributed by atoms with Gasteiger partial charge >= 0.3 is 0 Å². The van der Waals surface area contributed by atoms with Gasteiger partial charge in [-0.1, -0.05) is 38.8 Å². The zero-order valence-electron chi connectivity index (χ0n) is 17.8. The Kier molecular flexibility index (Phi) is 7.22. The predicted molar refractivity (Wildman–Crippen MR) is 114 cm³/mol. The van der Waals surface area contributed by atoms with E-state index >= 15 is 0 Å². The van der Waals surface area contributed by atoms with Crippen molar-refractivity contribution < 1.29 is 5.11 Å². The number of hydrogen-bond acceptors (Lipinski definition) is 3. The summed E-state index contributed by atoms with van der Waals surface area (Å²) in [5.74, 6) is 1.33. The van der Waals surface area contributed by atoms with Gasteiger partial charge in [0.05, 0.1) is 0 Å². The highest BCUT2D eigenvalue weighted by Gasteiger charge is 2.42. The molecule has 27 heavy (non-hydrogen) atoms. The van der Waals surface area contributed by atoms with E-state index in [1.165, 1.54) is 76.4 Å². The number of likely N-dealkylation sites (tertiary alicyclic amines) is 1. The van der Waals surface area contributed by atoms with Crippen molar-refractivity contribution in [2.75, 3.05) is 26.7 Å². The molecule has 1 N–H and O–H groups in total. The van der Waals surface area contributed by atoms with E-state index in [9.17, 15) is 5.11 Å². The summed E-state index contributed by atoms with van der Waals surface area (Å²) in [4.78, 5) is 5.38. The second-order valence-corrected chi connectivity index (χ2v) is 9.03. The Morgan fingerprint density at radius 1 is 1.15 bits per heavy atom. The molecule has 1 unspecified atom stereocenters. The van der Waals surface area contributed by atoms with E-state index in [0.717, 1.165) is 18.5 Å². The zero-order chi connectivity index (χ0) is 19.3. The van der Waals surface area contributed by atoms with Gasteiger partial charge in [0.2, 0.25) is 0 Å². The van der Waals surface area contributed by atoms with Crippen LogP contribution in [0.4, 0.5) is 0 Å². The number of nitrogens with zero attached hydrogens (tertiary/aromatic N) is 2. The first-order valence-electron chi connectivity index (χ1n) is 11.3.